The molecule has 0 spiro atoms. The summed E-state index contributed by atoms with van der Waals surface area (Å²) in [6.07, 6.45) is 0.894. The number of fused-ring (bicyclic) bond motifs is 1. The van der Waals surface area contributed by atoms with E-state index in [4.69, 9.17) is 28.9 Å². The summed E-state index contributed by atoms with van der Waals surface area (Å²) < 4.78 is 0. The van der Waals surface area contributed by atoms with Crippen LogP contribution in [-0.4, -0.2) is 11.7 Å². The van der Waals surface area contributed by atoms with E-state index in [1.807, 2.05) is 18.2 Å². The van der Waals surface area contributed by atoms with Crippen LogP contribution in [0.2, 0.25) is 10.0 Å². The molecular weight excluding hydrogens is 305 g/mol. The Bertz CT molecular complexity index is 653. The topological polar surface area (TPSA) is 46.2 Å². The van der Waals surface area contributed by atoms with Gasteiger partial charge in [-0.15, -0.1) is 0 Å². The first-order valence-electron chi connectivity index (χ1n) is 7.00. The molecule has 2 atom stereocenters. The number of aliphatic hydroxyl groups excluding tert-OH is 1. The SMILES string of the molecule is NCC1(C(O)c2c(Cl)cccc2Cl)CCc2ccccc21. The summed E-state index contributed by atoms with van der Waals surface area (Å²) in [7, 11) is 0. The number of hydrogen-bond donors (Lipinski definition) is 2. The molecular formula is C17H17Cl2NO. The van der Waals surface area contributed by atoms with Crippen LogP contribution >= 0.6 is 23.2 Å². The number of aryl methyl sites for hydroxylation is 1. The molecule has 3 rings (SSSR count). The lowest BCUT2D eigenvalue weighted by atomic mass is 9.74. The molecule has 2 aromatic carbocycles. The second-order valence-corrected chi connectivity index (χ2v) is 6.37. The molecule has 1 aliphatic carbocycles. The fraction of sp³-hybridized carbons (Fsp3) is 0.294. The molecule has 1 aliphatic rings. The lowest BCUT2D eigenvalue weighted by molar-refractivity contribution is 0.0842. The molecule has 4 heteroatoms. The van der Waals surface area contributed by atoms with Gasteiger partial charge < -0.3 is 10.8 Å². The summed E-state index contributed by atoms with van der Waals surface area (Å²) in [6.45, 7) is 0.354. The van der Waals surface area contributed by atoms with Crippen LogP contribution in [0.5, 0.6) is 0 Å². The van der Waals surface area contributed by atoms with Crippen LogP contribution < -0.4 is 5.73 Å². The lowest BCUT2D eigenvalue weighted by Crippen LogP contribution is -2.39. The third-order valence-electron chi connectivity index (χ3n) is 4.56. The molecule has 2 unspecified atom stereocenters. The minimum absolute atomic E-state index is 0.354. The maximum absolute atomic E-state index is 11.0. The van der Waals surface area contributed by atoms with Gasteiger partial charge in [0.1, 0.15) is 0 Å². The Labute approximate surface area is 134 Å². The van der Waals surface area contributed by atoms with E-state index in [9.17, 15) is 5.11 Å². The van der Waals surface area contributed by atoms with E-state index in [1.54, 1.807) is 18.2 Å². The third-order valence-corrected chi connectivity index (χ3v) is 5.21. The molecule has 0 saturated carbocycles. The van der Waals surface area contributed by atoms with Crippen LogP contribution in [0.1, 0.15) is 29.2 Å². The molecule has 0 amide bonds. The van der Waals surface area contributed by atoms with Crippen LogP contribution in [0.25, 0.3) is 0 Å². The number of hydrogen-bond acceptors (Lipinski definition) is 2. The maximum atomic E-state index is 11.0. The smallest absolute Gasteiger partial charge is 0.0927 e. The second-order valence-electron chi connectivity index (χ2n) is 5.56. The van der Waals surface area contributed by atoms with Crippen molar-refractivity contribution in [1.82, 2.24) is 0 Å². The Hall–Kier alpha value is -1.06. The first-order valence-corrected chi connectivity index (χ1v) is 7.76. The van der Waals surface area contributed by atoms with E-state index >= 15 is 0 Å². The van der Waals surface area contributed by atoms with E-state index in [1.165, 1.54) is 5.56 Å². The quantitative estimate of drug-likeness (QED) is 0.901. The summed E-state index contributed by atoms with van der Waals surface area (Å²) in [4.78, 5) is 0. The largest absolute Gasteiger partial charge is 0.387 e. The Balaban J connectivity index is 2.14. The number of aliphatic hydroxyl groups is 1. The average molecular weight is 322 g/mol. The number of rotatable bonds is 3. The molecule has 3 N–H and O–H groups in total. The average Bonchev–Trinajstić information content (AvgIpc) is 2.87. The first kappa shape index (κ1) is 14.9. The lowest BCUT2D eigenvalue weighted by Gasteiger charge is -2.35. The minimum Gasteiger partial charge on any atom is -0.387 e. The van der Waals surface area contributed by atoms with Gasteiger partial charge in [-0.1, -0.05) is 53.5 Å². The van der Waals surface area contributed by atoms with Crippen LogP contribution in [0.3, 0.4) is 0 Å². The van der Waals surface area contributed by atoms with Gasteiger partial charge in [0.05, 0.1) is 6.10 Å². The highest BCUT2D eigenvalue weighted by molar-refractivity contribution is 6.36. The zero-order valence-electron chi connectivity index (χ0n) is 11.5. The number of halogens is 2. The van der Waals surface area contributed by atoms with Gasteiger partial charge in [-0.25, -0.2) is 0 Å². The van der Waals surface area contributed by atoms with Gasteiger partial charge in [-0.2, -0.15) is 0 Å². The van der Waals surface area contributed by atoms with Gasteiger partial charge in [0.15, 0.2) is 0 Å². The van der Waals surface area contributed by atoms with Crippen molar-refractivity contribution in [3.63, 3.8) is 0 Å². The molecule has 0 aliphatic heterocycles. The van der Waals surface area contributed by atoms with Crippen LogP contribution in [0.4, 0.5) is 0 Å². The Kier molecular flexibility index (Phi) is 3.98. The van der Waals surface area contributed by atoms with E-state index in [0.717, 1.165) is 18.4 Å². The molecule has 0 saturated heterocycles. The zero-order valence-corrected chi connectivity index (χ0v) is 13.0. The van der Waals surface area contributed by atoms with E-state index in [-0.39, 0.29) is 0 Å². The molecule has 110 valence electrons. The standard InChI is InChI=1S/C17H17Cl2NO/c18-13-6-3-7-14(19)15(13)16(21)17(10-20)9-8-11-4-1-2-5-12(11)17/h1-7,16,21H,8-10,20H2. The summed E-state index contributed by atoms with van der Waals surface area (Å²) in [5.74, 6) is 0. The molecule has 2 aromatic rings. The number of nitrogens with two attached hydrogens (primary N) is 1. The van der Waals surface area contributed by atoms with Gasteiger partial charge in [-0.05, 0) is 36.1 Å². The van der Waals surface area contributed by atoms with Crippen molar-refractivity contribution in [2.75, 3.05) is 6.54 Å². The summed E-state index contributed by atoms with van der Waals surface area (Å²) in [5.41, 5.74) is 8.47. The Morgan fingerprint density at radius 1 is 1.10 bits per heavy atom. The predicted octanol–water partition coefficient (Wildman–Crippen LogP) is 3.87. The van der Waals surface area contributed by atoms with E-state index < -0.39 is 11.5 Å². The summed E-state index contributed by atoms with van der Waals surface area (Å²) in [5, 5.41) is 12.0. The predicted molar refractivity (Wildman–Crippen MR) is 86.9 cm³/mol. The molecule has 0 radical (unpaired) electrons. The summed E-state index contributed by atoms with van der Waals surface area (Å²) >= 11 is 12.5. The summed E-state index contributed by atoms with van der Waals surface area (Å²) in [6, 6.07) is 13.4. The second kappa shape index (κ2) is 5.62. The highest BCUT2D eigenvalue weighted by atomic mass is 35.5. The van der Waals surface area contributed by atoms with Crippen molar-refractivity contribution in [3.05, 3.63) is 69.2 Å². The van der Waals surface area contributed by atoms with Crippen LogP contribution in [0, 0.1) is 0 Å². The van der Waals surface area contributed by atoms with Crippen LogP contribution in [-0.2, 0) is 11.8 Å². The van der Waals surface area contributed by atoms with Crippen molar-refractivity contribution in [1.29, 1.82) is 0 Å². The monoisotopic (exact) mass is 321 g/mol. The van der Waals surface area contributed by atoms with Crippen molar-refractivity contribution >= 4 is 23.2 Å². The van der Waals surface area contributed by atoms with Gasteiger partial charge in [0.2, 0.25) is 0 Å². The third kappa shape index (κ3) is 2.27. The molecule has 21 heavy (non-hydrogen) atoms. The van der Waals surface area contributed by atoms with E-state index in [2.05, 4.69) is 6.07 Å². The fourth-order valence-electron chi connectivity index (χ4n) is 3.37. The maximum Gasteiger partial charge on any atom is 0.0927 e. The molecule has 0 aromatic heterocycles. The van der Waals surface area contributed by atoms with Gasteiger partial charge in [-0.3, -0.25) is 0 Å². The van der Waals surface area contributed by atoms with Gasteiger partial charge in [0.25, 0.3) is 0 Å². The van der Waals surface area contributed by atoms with Crippen molar-refractivity contribution in [2.24, 2.45) is 5.73 Å². The Morgan fingerprint density at radius 2 is 1.76 bits per heavy atom. The Morgan fingerprint density at radius 3 is 2.43 bits per heavy atom. The highest BCUT2D eigenvalue weighted by Gasteiger charge is 2.45. The van der Waals surface area contributed by atoms with Gasteiger partial charge in [0, 0.05) is 27.6 Å². The van der Waals surface area contributed by atoms with E-state index in [0.29, 0.717) is 22.2 Å². The minimum atomic E-state index is -0.813. The molecule has 0 bridgehead atoms. The highest BCUT2D eigenvalue weighted by Crippen LogP contribution is 2.49. The van der Waals surface area contributed by atoms with Crippen molar-refractivity contribution in [2.45, 2.75) is 24.4 Å². The molecule has 0 heterocycles. The molecule has 2 nitrogen and oxygen atoms in total. The van der Waals surface area contributed by atoms with Crippen molar-refractivity contribution < 1.29 is 5.11 Å². The van der Waals surface area contributed by atoms with Gasteiger partial charge >= 0.3 is 0 Å². The van der Waals surface area contributed by atoms with Crippen molar-refractivity contribution in [3.8, 4) is 0 Å². The fourth-order valence-corrected chi connectivity index (χ4v) is 3.98. The molecule has 0 fully saturated rings. The first-order chi connectivity index (χ1) is 10.1. The van der Waals surface area contributed by atoms with Crippen LogP contribution in [0.15, 0.2) is 42.5 Å². The number of benzene rings is 2. The normalized spacial score (nSPS) is 22.1. The zero-order chi connectivity index (χ0) is 15.0.